The molecule has 2 heterocycles. The summed E-state index contributed by atoms with van der Waals surface area (Å²) in [5.41, 5.74) is 2.89. The third-order valence-corrected chi connectivity index (χ3v) is 4.99. The Kier molecular flexibility index (Phi) is 4.30. The molecule has 2 unspecified atom stereocenters. The number of nitriles is 1. The molecule has 1 aliphatic heterocycles. The van der Waals surface area contributed by atoms with E-state index in [2.05, 4.69) is 16.3 Å². The first-order chi connectivity index (χ1) is 13.2. The van der Waals surface area contributed by atoms with Gasteiger partial charge in [-0.05, 0) is 12.1 Å². The minimum Gasteiger partial charge on any atom is -0.496 e. The molecule has 27 heavy (non-hydrogen) atoms. The van der Waals surface area contributed by atoms with Crippen molar-refractivity contribution in [1.29, 1.82) is 10.7 Å². The maximum Gasteiger partial charge on any atom is 0.244 e. The first-order valence-electron chi connectivity index (χ1n) is 8.27. The Morgan fingerprint density at radius 3 is 2.70 bits per heavy atom. The normalized spacial score (nSPS) is 18.3. The molecular weight excluding hydrogens is 364 g/mol. The van der Waals surface area contributed by atoms with Crippen molar-refractivity contribution >= 4 is 17.5 Å². The Bertz CT molecular complexity index is 1070. The van der Waals surface area contributed by atoms with E-state index in [0.29, 0.717) is 22.0 Å². The van der Waals surface area contributed by atoms with Crippen LogP contribution in [0.5, 0.6) is 11.6 Å². The highest BCUT2D eigenvalue weighted by atomic mass is 35.5. The molecule has 0 bridgehead atoms. The van der Waals surface area contributed by atoms with Gasteiger partial charge < -0.3 is 9.47 Å². The Morgan fingerprint density at radius 1 is 1.22 bits per heavy atom. The summed E-state index contributed by atoms with van der Waals surface area (Å²) in [7, 11) is 1.58. The zero-order valence-electron chi connectivity index (χ0n) is 14.4. The fourth-order valence-electron chi connectivity index (χ4n) is 3.45. The predicted molar refractivity (Wildman–Crippen MR) is 101 cm³/mol. The average Bonchev–Trinajstić information content (AvgIpc) is 3.10. The lowest BCUT2D eigenvalue weighted by Gasteiger charge is -2.29. The van der Waals surface area contributed by atoms with Crippen LogP contribution >= 0.6 is 11.6 Å². The van der Waals surface area contributed by atoms with Crippen LogP contribution in [0.15, 0.2) is 48.5 Å². The number of hydrogen-bond donors (Lipinski definition) is 2. The number of benzene rings is 2. The Hall–Kier alpha value is -3.30. The zero-order valence-corrected chi connectivity index (χ0v) is 15.1. The molecule has 2 atom stereocenters. The van der Waals surface area contributed by atoms with Gasteiger partial charge in [-0.25, -0.2) is 0 Å². The second-order valence-corrected chi connectivity index (χ2v) is 6.50. The summed E-state index contributed by atoms with van der Waals surface area (Å²) in [5.74, 6) is -0.523. The van der Waals surface area contributed by atoms with Crippen LogP contribution in [0.1, 0.15) is 17.0 Å². The molecule has 0 saturated carbocycles. The molecule has 0 aliphatic carbocycles. The highest BCUT2D eigenvalue weighted by Gasteiger charge is 2.42. The summed E-state index contributed by atoms with van der Waals surface area (Å²) in [6.45, 7) is 0. The fraction of sp³-hybridized carbons (Fsp3) is 0.150. The van der Waals surface area contributed by atoms with Crippen LogP contribution in [0.2, 0.25) is 5.02 Å². The van der Waals surface area contributed by atoms with Crippen molar-refractivity contribution in [3.8, 4) is 29.0 Å². The second kappa shape index (κ2) is 6.78. The lowest BCUT2D eigenvalue weighted by Crippen LogP contribution is -2.31. The number of methoxy groups -OCH3 is 1. The standard InChI is InChI=1S/C20H15ClN4O2/c1-26-15-9-5-3-7-12(15)16-13(10-22)19(23)27-20-17(16)18(24-25-20)11-6-2-4-8-14(11)21/h2-9,13,16,23H,1H3,(H,24,25). The molecule has 3 aromatic rings. The molecule has 1 aliphatic rings. The van der Waals surface area contributed by atoms with Crippen LogP contribution in [-0.4, -0.2) is 23.2 Å². The number of halogens is 1. The molecule has 6 nitrogen and oxygen atoms in total. The number of fused-ring (bicyclic) bond motifs is 1. The Morgan fingerprint density at radius 2 is 1.96 bits per heavy atom. The summed E-state index contributed by atoms with van der Waals surface area (Å²) in [5, 5.41) is 25.7. The number of aromatic nitrogens is 2. The van der Waals surface area contributed by atoms with E-state index >= 15 is 0 Å². The van der Waals surface area contributed by atoms with Crippen LogP contribution in [-0.2, 0) is 0 Å². The number of nitrogens with one attached hydrogen (secondary N) is 2. The summed E-state index contributed by atoms with van der Waals surface area (Å²) in [6, 6.07) is 17.0. The molecular formula is C20H15ClN4O2. The fourth-order valence-corrected chi connectivity index (χ4v) is 3.68. The van der Waals surface area contributed by atoms with Crippen LogP contribution in [0.25, 0.3) is 11.3 Å². The molecule has 2 aromatic carbocycles. The summed E-state index contributed by atoms with van der Waals surface area (Å²) < 4.78 is 11.0. The largest absolute Gasteiger partial charge is 0.496 e. The topological polar surface area (TPSA) is 94.8 Å². The molecule has 0 spiro atoms. The SMILES string of the molecule is COc1ccccc1C1c2c(n[nH]c2-c2ccccc2Cl)OC(=N)C1C#N. The summed E-state index contributed by atoms with van der Waals surface area (Å²) in [6.07, 6.45) is 0. The van der Waals surface area contributed by atoms with Crippen LogP contribution in [0.3, 0.4) is 0 Å². The van der Waals surface area contributed by atoms with Crippen molar-refractivity contribution in [3.63, 3.8) is 0 Å². The highest BCUT2D eigenvalue weighted by molar-refractivity contribution is 6.33. The van der Waals surface area contributed by atoms with E-state index in [1.54, 1.807) is 13.2 Å². The van der Waals surface area contributed by atoms with Gasteiger partial charge in [0.1, 0.15) is 11.7 Å². The lowest BCUT2D eigenvalue weighted by atomic mass is 9.78. The van der Waals surface area contributed by atoms with Crippen LogP contribution < -0.4 is 9.47 Å². The molecule has 1 aromatic heterocycles. The minimum absolute atomic E-state index is 0.141. The van der Waals surface area contributed by atoms with E-state index in [1.807, 2.05) is 42.5 Å². The quantitative estimate of drug-likeness (QED) is 0.707. The number of para-hydroxylation sites is 1. The van der Waals surface area contributed by atoms with E-state index in [1.165, 1.54) is 0 Å². The van der Waals surface area contributed by atoms with Gasteiger partial charge in [0.05, 0.1) is 24.4 Å². The Labute approximate surface area is 160 Å². The van der Waals surface area contributed by atoms with Crippen molar-refractivity contribution in [2.45, 2.75) is 5.92 Å². The molecule has 7 heteroatoms. The van der Waals surface area contributed by atoms with Crippen LogP contribution in [0.4, 0.5) is 0 Å². The van der Waals surface area contributed by atoms with E-state index in [0.717, 1.165) is 11.1 Å². The third-order valence-electron chi connectivity index (χ3n) is 4.66. The number of aromatic amines is 1. The number of H-pyrrole nitrogens is 1. The van der Waals surface area contributed by atoms with E-state index in [-0.39, 0.29) is 11.8 Å². The van der Waals surface area contributed by atoms with Gasteiger partial charge in [-0.3, -0.25) is 10.5 Å². The third kappa shape index (κ3) is 2.73. The van der Waals surface area contributed by atoms with Crippen molar-refractivity contribution in [3.05, 3.63) is 64.7 Å². The summed E-state index contributed by atoms with van der Waals surface area (Å²) >= 11 is 6.39. The van der Waals surface area contributed by atoms with Crippen molar-refractivity contribution in [2.24, 2.45) is 5.92 Å². The zero-order chi connectivity index (χ0) is 19.0. The molecule has 2 N–H and O–H groups in total. The minimum atomic E-state index is -0.812. The average molecular weight is 379 g/mol. The first-order valence-corrected chi connectivity index (χ1v) is 8.65. The number of rotatable bonds is 3. The molecule has 0 radical (unpaired) electrons. The Balaban J connectivity index is 1.99. The van der Waals surface area contributed by atoms with Gasteiger partial charge >= 0.3 is 0 Å². The lowest BCUT2D eigenvalue weighted by molar-refractivity contribution is 0.396. The predicted octanol–water partition coefficient (Wildman–Crippen LogP) is 4.38. The van der Waals surface area contributed by atoms with Gasteiger partial charge in [-0.15, -0.1) is 5.10 Å². The highest BCUT2D eigenvalue weighted by Crippen LogP contribution is 2.48. The summed E-state index contributed by atoms with van der Waals surface area (Å²) in [4.78, 5) is 0. The van der Waals surface area contributed by atoms with Gasteiger partial charge in [0, 0.05) is 22.1 Å². The monoisotopic (exact) mass is 378 g/mol. The number of ether oxygens (including phenoxy) is 2. The number of hydrogen-bond acceptors (Lipinski definition) is 5. The smallest absolute Gasteiger partial charge is 0.244 e. The molecule has 0 amide bonds. The van der Waals surface area contributed by atoms with Gasteiger partial charge in [0.25, 0.3) is 0 Å². The van der Waals surface area contributed by atoms with Gasteiger partial charge in [0.2, 0.25) is 11.8 Å². The van der Waals surface area contributed by atoms with Crippen molar-refractivity contribution in [1.82, 2.24) is 10.2 Å². The number of nitrogens with zero attached hydrogens (tertiary/aromatic N) is 2. The van der Waals surface area contributed by atoms with E-state index in [9.17, 15) is 5.26 Å². The van der Waals surface area contributed by atoms with Crippen molar-refractivity contribution < 1.29 is 9.47 Å². The molecule has 134 valence electrons. The first kappa shape index (κ1) is 17.1. The second-order valence-electron chi connectivity index (χ2n) is 6.09. The van der Waals surface area contributed by atoms with Crippen molar-refractivity contribution in [2.75, 3.05) is 7.11 Å². The van der Waals surface area contributed by atoms with E-state index < -0.39 is 11.8 Å². The maximum absolute atomic E-state index is 9.77. The van der Waals surface area contributed by atoms with Gasteiger partial charge in [-0.1, -0.05) is 48.0 Å². The van der Waals surface area contributed by atoms with Gasteiger partial charge in [0.15, 0.2) is 0 Å². The maximum atomic E-state index is 9.77. The molecule has 4 rings (SSSR count). The van der Waals surface area contributed by atoms with Crippen LogP contribution in [0, 0.1) is 22.7 Å². The van der Waals surface area contributed by atoms with E-state index in [4.69, 9.17) is 26.5 Å². The van der Waals surface area contributed by atoms with Gasteiger partial charge in [-0.2, -0.15) is 5.26 Å². The molecule has 0 saturated heterocycles. The molecule has 0 fully saturated rings.